The molecular formula is C13H21FN2O2. The van der Waals surface area contributed by atoms with Gasteiger partial charge >= 0.3 is 0 Å². The van der Waals surface area contributed by atoms with Gasteiger partial charge in [0.25, 0.3) is 0 Å². The van der Waals surface area contributed by atoms with Gasteiger partial charge < -0.3 is 20.9 Å². The van der Waals surface area contributed by atoms with Crippen molar-refractivity contribution in [2.75, 3.05) is 24.8 Å². The summed E-state index contributed by atoms with van der Waals surface area (Å²) in [6.45, 7) is 4.18. The van der Waals surface area contributed by atoms with Crippen LogP contribution < -0.4 is 15.8 Å². The average Bonchev–Trinajstić information content (AvgIpc) is 2.31. The lowest BCUT2D eigenvalue weighted by atomic mass is 10.0. The molecule has 0 amide bonds. The fourth-order valence-electron chi connectivity index (χ4n) is 1.76. The minimum atomic E-state index is -0.483. The fraction of sp³-hybridized carbons (Fsp3) is 0.538. The third-order valence-corrected chi connectivity index (χ3v) is 2.91. The number of aliphatic hydroxyl groups excluding tert-OH is 1. The van der Waals surface area contributed by atoms with Gasteiger partial charge in [-0.1, -0.05) is 13.8 Å². The molecule has 0 aliphatic carbocycles. The standard InChI is InChI=1S/C13H21FN2O2/c1-8(2)11(4-5-17)16-12-7-13(18-3)9(14)6-10(12)15/h6-8,11,16-17H,4-5,15H2,1-3H3. The number of hydrogen-bond donors (Lipinski definition) is 3. The molecule has 18 heavy (non-hydrogen) atoms. The van der Waals surface area contributed by atoms with E-state index in [0.29, 0.717) is 23.7 Å². The molecule has 0 aliphatic heterocycles. The van der Waals surface area contributed by atoms with Crippen molar-refractivity contribution >= 4 is 11.4 Å². The van der Waals surface area contributed by atoms with Crippen LogP contribution in [0.3, 0.4) is 0 Å². The topological polar surface area (TPSA) is 67.5 Å². The smallest absolute Gasteiger partial charge is 0.167 e. The number of benzene rings is 1. The number of halogens is 1. The highest BCUT2D eigenvalue weighted by atomic mass is 19.1. The lowest BCUT2D eigenvalue weighted by molar-refractivity contribution is 0.267. The molecular weight excluding hydrogens is 235 g/mol. The zero-order valence-electron chi connectivity index (χ0n) is 11.0. The van der Waals surface area contributed by atoms with Crippen molar-refractivity contribution < 1.29 is 14.2 Å². The Morgan fingerprint density at radius 1 is 1.44 bits per heavy atom. The van der Waals surface area contributed by atoms with Gasteiger partial charge in [0.15, 0.2) is 11.6 Å². The Hall–Kier alpha value is -1.49. The molecule has 0 aromatic heterocycles. The van der Waals surface area contributed by atoms with E-state index in [1.165, 1.54) is 19.2 Å². The number of anilines is 2. The predicted molar refractivity (Wildman–Crippen MR) is 71.3 cm³/mol. The third-order valence-electron chi connectivity index (χ3n) is 2.91. The molecule has 102 valence electrons. The quantitative estimate of drug-likeness (QED) is 0.683. The van der Waals surface area contributed by atoms with Gasteiger partial charge in [0, 0.05) is 24.8 Å². The van der Waals surface area contributed by atoms with E-state index in [4.69, 9.17) is 15.6 Å². The molecule has 1 atom stereocenters. The summed E-state index contributed by atoms with van der Waals surface area (Å²) in [6, 6.07) is 2.85. The van der Waals surface area contributed by atoms with E-state index < -0.39 is 5.82 Å². The lowest BCUT2D eigenvalue weighted by Gasteiger charge is -2.24. The number of aliphatic hydroxyl groups is 1. The van der Waals surface area contributed by atoms with Crippen molar-refractivity contribution in [3.63, 3.8) is 0 Å². The minimum Gasteiger partial charge on any atom is -0.494 e. The maximum Gasteiger partial charge on any atom is 0.167 e. The molecule has 0 saturated carbocycles. The number of ether oxygens (including phenoxy) is 1. The molecule has 0 saturated heterocycles. The summed E-state index contributed by atoms with van der Waals surface area (Å²) in [5.74, 6) is -0.00499. The summed E-state index contributed by atoms with van der Waals surface area (Å²) < 4.78 is 18.3. The minimum absolute atomic E-state index is 0.0764. The Labute approximate surface area is 107 Å². The van der Waals surface area contributed by atoms with Crippen LogP contribution in [0.15, 0.2) is 12.1 Å². The lowest BCUT2D eigenvalue weighted by Crippen LogP contribution is -2.27. The molecule has 1 aromatic carbocycles. The summed E-state index contributed by atoms with van der Waals surface area (Å²) >= 11 is 0. The molecule has 5 heteroatoms. The number of rotatable bonds is 6. The Morgan fingerprint density at radius 3 is 2.61 bits per heavy atom. The van der Waals surface area contributed by atoms with Crippen LogP contribution in [0, 0.1) is 11.7 Å². The molecule has 4 nitrogen and oxygen atoms in total. The van der Waals surface area contributed by atoms with Gasteiger partial charge in [-0.15, -0.1) is 0 Å². The number of methoxy groups -OCH3 is 1. The summed E-state index contributed by atoms with van der Waals surface area (Å²) in [5, 5.41) is 12.2. The summed E-state index contributed by atoms with van der Waals surface area (Å²) in [6.07, 6.45) is 0.608. The van der Waals surface area contributed by atoms with Crippen molar-refractivity contribution in [1.29, 1.82) is 0 Å². The molecule has 1 aromatic rings. The second kappa shape index (κ2) is 6.44. The fourth-order valence-corrected chi connectivity index (χ4v) is 1.76. The molecule has 0 spiro atoms. The number of nitrogen functional groups attached to an aromatic ring is 1. The first-order chi connectivity index (χ1) is 8.49. The van der Waals surface area contributed by atoms with E-state index in [1.54, 1.807) is 0 Å². The Kier molecular flexibility index (Phi) is 5.22. The van der Waals surface area contributed by atoms with Crippen LogP contribution in [0.4, 0.5) is 15.8 Å². The maximum atomic E-state index is 13.4. The molecule has 1 rings (SSSR count). The second-order valence-corrected chi connectivity index (χ2v) is 4.58. The molecule has 0 fully saturated rings. The summed E-state index contributed by atoms with van der Waals surface area (Å²) in [7, 11) is 1.41. The van der Waals surface area contributed by atoms with Gasteiger partial charge in [-0.05, 0) is 12.3 Å². The van der Waals surface area contributed by atoms with Crippen molar-refractivity contribution in [2.24, 2.45) is 5.92 Å². The zero-order valence-corrected chi connectivity index (χ0v) is 11.0. The highest BCUT2D eigenvalue weighted by molar-refractivity contribution is 5.69. The van der Waals surface area contributed by atoms with Gasteiger partial charge in [-0.3, -0.25) is 0 Å². The summed E-state index contributed by atoms with van der Waals surface area (Å²) in [5.41, 5.74) is 6.72. The van der Waals surface area contributed by atoms with Gasteiger partial charge in [0.2, 0.25) is 0 Å². The van der Waals surface area contributed by atoms with E-state index in [-0.39, 0.29) is 18.4 Å². The average molecular weight is 256 g/mol. The molecule has 4 N–H and O–H groups in total. The monoisotopic (exact) mass is 256 g/mol. The van der Waals surface area contributed by atoms with Gasteiger partial charge in [-0.25, -0.2) is 4.39 Å². The maximum absolute atomic E-state index is 13.4. The van der Waals surface area contributed by atoms with Gasteiger partial charge in [-0.2, -0.15) is 0 Å². The number of nitrogens with two attached hydrogens (primary N) is 1. The third kappa shape index (κ3) is 3.50. The van der Waals surface area contributed by atoms with Crippen LogP contribution in [0.2, 0.25) is 0 Å². The molecule has 0 radical (unpaired) electrons. The Balaban J connectivity index is 2.94. The Morgan fingerprint density at radius 2 is 2.11 bits per heavy atom. The van der Waals surface area contributed by atoms with E-state index >= 15 is 0 Å². The van der Waals surface area contributed by atoms with Crippen LogP contribution in [0.1, 0.15) is 20.3 Å². The largest absolute Gasteiger partial charge is 0.494 e. The molecule has 0 heterocycles. The van der Waals surface area contributed by atoms with Crippen molar-refractivity contribution in [3.05, 3.63) is 17.9 Å². The molecule has 0 aliphatic rings. The first-order valence-corrected chi connectivity index (χ1v) is 6.00. The first-order valence-electron chi connectivity index (χ1n) is 6.00. The summed E-state index contributed by atoms with van der Waals surface area (Å²) in [4.78, 5) is 0. The van der Waals surface area contributed by atoms with Crippen molar-refractivity contribution in [2.45, 2.75) is 26.3 Å². The van der Waals surface area contributed by atoms with Crippen LogP contribution in [0.25, 0.3) is 0 Å². The second-order valence-electron chi connectivity index (χ2n) is 4.58. The van der Waals surface area contributed by atoms with Crippen molar-refractivity contribution in [3.8, 4) is 5.75 Å². The first kappa shape index (κ1) is 14.6. The number of nitrogens with one attached hydrogen (secondary N) is 1. The highest BCUT2D eigenvalue weighted by Gasteiger charge is 2.15. The van der Waals surface area contributed by atoms with Crippen LogP contribution in [-0.4, -0.2) is 24.9 Å². The molecule has 0 bridgehead atoms. The van der Waals surface area contributed by atoms with Crippen molar-refractivity contribution in [1.82, 2.24) is 0 Å². The normalized spacial score (nSPS) is 12.6. The van der Waals surface area contributed by atoms with Gasteiger partial charge in [0.1, 0.15) is 0 Å². The van der Waals surface area contributed by atoms with E-state index in [0.717, 1.165) is 0 Å². The predicted octanol–water partition coefficient (Wildman–Crippen LogP) is 2.24. The Bertz CT molecular complexity index is 397. The SMILES string of the molecule is COc1cc(NC(CCO)C(C)C)c(N)cc1F. The zero-order chi connectivity index (χ0) is 13.7. The van der Waals surface area contributed by atoms with E-state index in [2.05, 4.69) is 5.32 Å². The van der Waals surface area contributed by atoms with Gasteiger partial charge in [0.05, 0.1) is 18.5 Å². The van der Waals surface area contributed by atoms with Crippen LogP contribution in [-0.2, 0) is 0 Å². The van der Waals surface area contributed by atoms with E-state index in [9.17, 15) is 4.39 Å². The van der Waals surface area contributed by atoms with Crippen LogP contribution in [0.5, 0.6) is 5.75 Å². The number of hydrogen-bond acceptors (Lipinski definition) is 4. The van der Waals surface area contributed by atoms with Crippen LogP contribution >= 0.6 is 0 Å². The highest BCUT2D eigenvalue weighted by Crippen LogP contribution is 2.29. The van der Waals surface area contributed by atoms with E-state index in [1.807, 2.05) is 13.8 Å². The molecule has 1 unspecified atom stereocenters.